The fourth-order valence-corrected chi connectivity index (χ4v) is 2.73. The van der Waals surface area contributed by atoms with Crippen LogP contribution in [0.5, 0.6) is 0 Å². The number of carbonyl (C=O) groups is 2. The van der Waals surface area contributed by atoms with Gasteiger partial charge in [-0.15, -0.1) is 0 Å². The highest BCUT2D eigenvalue weighted by atomic mass is 16.5. The highest BCUT2D eigenvalue weighted by Gasteiger charge is 2.26. The number of nitrogens with two attached hydrogens (primary N) is 1. The molecule has 0 bridgehead atoms. The quantitative estimate of drug-likeness (QED) is 0.733. The third kappa shape index (κ3) is 4.47. The molecule has 3 rings (SSSR count). The first-order chi connectivity index (χ1) is 12.6. The monoisotopic (exact) mass is 359 g/mol. The molecule has 0 spiro atoms. The molecule has 1 saturated heterocycles. The Morgan fingerprint density at radius 2 is 2.08 bits per heavy atom. The zero-order valence-electron chi connectivity index (χ0n) is 14.3. The predicted octanol–water partition coefficient (Wildman–Crippen LogP) is 1.26. The van der Waals surface area contributed by atoms with E-state index in [1.165, 1.54) is 0 Å². The Hall–Kier alpha value is -2.71. The number of rotatable bonds is 8. The van der Waals surface area contributed by atoms with Gasteiger partial charge >= 0.3 is 0 Å². The maximum atomic E-state index is 12.3. The largest absolute Gasteiger partial charge is 0.381 e. The molecule has 0 radical (unpaired) electrons. The van der Waals surface area contributed by atoms with E-state index in [2.05, 4.69) is 10.5 Å². The minimum atomic E-state index is -0.779. The van der Waals surface area contributed by atoms with Crippen LogP contribution in [0.4, 0.5) is 0 Å². The van der Waals surface area contributed by atoms with Crippen molar-refractivity contribution in [3.8, 4) is 0 Å². The Labute approximate surface area is 150 Å². The summed E-state index contributed by atoms with van der Waals surface area (Å²) in [7, 11) is 0. The van der Waals surface area contributed by atoms with Crippen LogP contribution in [0.1, 0.15) is 38.6 Å². The van der Waals surface area contributed by atoms with Crippen molar-refractivity contribution < 1.29 is 23.6 Å². The standard InChI is InChI=1S/C18H21N3O5/c19-17(22)15-14(11-25-9-12-4-2-1-3-5-12)26-21-16(15)18(23)20-8-13-6-7-24-10-13/h1-5,13H,6-11H2,(H2,19,22)(H,20,23). The van der Waals surface area contributed by atoms with Gasteiger partial charge in [-0.3, -0.25) is 9.59 Å². The van der Waals surface area contributed by atoms with Crippen LogP contribution in [-0.4, -0.2) is 36.7 Å². The molecule has 138 valence electrons. The average Bonchev–Trinajstić information content (AvgIpc) is 3.30. The molecular formula is C18H21N3O5. The van der Waals surface area contributed by atoms with Crippen LogP contribution in [0.2, 0.25) is 0 Å². The van der Waals surface area contributed by atoms with Crippen molar-refractivity contribution in [2.45, 2.75) is 19.6 Å². The molecule has 1 fully saturated rings. The Morgan fingerprint density at radius 3 is 2.77 bits per heavy atom. The third-order valence-corrected chi connectivity index (χ3v) is 4.14. The molecule has 1 atom stereocenters. The van der Waals surface area contributed by atoms with Gasteiger partial charge in [0.1, 0.15) is 12.2 Å². The van der Waals surface area contributed by atoms with E-state index < -0.39 is 11.8 Å². The molecule has 8 nitrogen and oxygen atoms in total. The van der Waals surface area contributed by atoms with Crippen molar-refractivity contribution in [2.75, 3.05) is 19.8 Å². The van der Waals surface area contributed by atoms with Crippen molar-refractivity contribution >= 4 is 11.8 Å². The summed E-state index contributed by atoms with van der Waals surface area (Å²) in [6.07, 6.45) is 0.889. The van der Waals surface area contributed by atoms with Gasteiger partial charge in [-0.05, 0) is 12.0 Å². The van der Waals surface area contributed by atoms with Gasteiger partial charge in [-0.1, -0.05) is 35.5 Å². The molecule has 3 N–H and O–H groups in total. The lowest BCUT2D eigenvalue weighted by atomic mass is 10.1. The van der Waals surface area contributed by atoms with E-state index in [0.717, 1.165) is 12.0 Å². The van der Waals surface area contributed by atoms with Crippen LogP contribution in [0.3, 0.4) is 0 Å². The number of primary amides is 1. The van der Waals surface area contributed by atoms with Crippen molar-refractivity contribution in [3.63, 3.8) is 0 Å². The summed E-state index contributed by atoms with van der Waals surface area (Å²) in [5.41, 5.74) is 6.22. The van der Waals surface area contributed by atoms with E-state index >= 15 is 0 Å². The Morgan fingerprint density at radius 1 is 1.27 bits per heavy atom. The van der Waals surface area contributed by atoms with Crippen LogP contribution in [0, 0.1) is 5.92 Å². The van der Waals surface area contributed by atoms with Crippen molar-refractivity contribution in [2.24, 2.45) is 11.7 Å². The first-order valence-electron chi connectivity index (χ1n) is 8.41. The smallest absolute Gasteiger partial charge is 0.274 e. The maximum Gasteiger partial charge on any atom is 0.274 e. The van der Waals surface area contributed by atoms with Crippen LogP contribution >= 0.6 is 0 Å². The molecule has 26 heavy (non-hydrogen) atoms. The zero-order valence-corrected chi connectivity index (χ0v) is 14.3. The Kier molecular flexibility index (Phi) is 5.98. The molecule has 8 heteroatoms. The topological polar surface area (TPSA) is 117 Å². The number of aromatic nitrogens is 1. The molecule has 0 saturated carbocycles. The van der Waals surface area contributed by atoms with Gasteiger partial charge in [0.2, 0.25) is 0 Å². The number of amides is 2. The van der Waals surface area contributed by atoms with E-state index in [0.29, 0.717) is 26.4 Å². The van der Waals surface area contributed by atoms with Crippen molar-refractivity contribution in [1.82, 2.24) is 10.5 Å². The molecule has 2 heterocycles. The molecule has 1 aromatic carbocycles. The molecule has 2 amide bonds. The zero-order chi connectivity index (χ0) is 18.4. The number of nitrogens with one attached hydrogen (secondary N) is 1. The van der Waals surface area contributed by atoms with Gasteiger partial charge in [0.15, 0.2) is 11.5 Å². The lowest BCUT2D eigenvalue weighted by molar-refractivity contribution is 0.0852. The van der Waals surface area contributed by atoms with Gasteiger partial charge in [-0.25, -0.2) is 0 Å². The first-order valence-corrected chi connectivity index (χ1v) is 8.41. The number of hydrogen-bond donors (Lipinski definition) is 2. The summed E-state index contributed by atoms with van der Waals surface area (Å²) in [5, 5.41) is 6.45. The minimum absolute atomic E-state index is 0.0100. The normalized spacial score (nSPS) is 16.5. The fraction of sp³-hybridized carbons (Fsp3) is 0.389. The van der Waals surface area contributed by atoms with Gasteiger partial charge < -0.3 is 25.0 Å². The second-order valence-corrected chi connectivity index (χ2v) is 6.11. The number of hydrogen-bond acceptors (Lipinski definition) is 6. The highest BCUT2D eigenvalue weighted by molar-refractivity contribution is 6.05. The summed E-state index contributed by atoms with van der Waals surface area (Å²) in [4.78, 5) is 24.1. The summed E-state index contributed by atoms with van der Waals surface area (Å²) < 4.78 is 15.9. The van der Waals surface area contributed by atoms with Crippen LogP contribution in [0.25, 0.3) is 0 Å². The Bertz CT molecular complexity index is 753. The summed E-state index contributed by atoms with van der Waals surface area (Å²) in [5.74, 6) is -0.873. The van der Waals surface area contributed by atoms with Crippen molar-refractivity contribution in [1.29, 1.82) is 0 Å². The first kappa shape index (κ1) is 18.1. The van der Waals surface area contributed by atoms with Gasteiger partial charge in [0, 0.05) is 19.1 Å². The van der Waals surface area contributed by atoms with Crippen LogP contribution < -0.4 is 11.1 Å². The second-order valence-electron chi connectivity index (χ2n) is 6.11. The second kappa shape index (κ2) is 8.59. The predicted molar refractivity (Wildman–Crippen MR) is 91.2 cm³/mol. The summed E-state index contributed by atoms with van der Waals surface area (Å²) in [6.45, 7) is 2.08. The number of nitrogens with zero attached hydrogens (tertiary/aromatic N) is 1. The van der Waals surface area contributed by atoms with Crippen LogP contribution in [-0.2, 0) is 22.7 Å². The van der Waals surface area contributed by atoms with E-state index in [1.54, 1.807) is 0 Å². The Balaban J connectivity index is 1.61. The number of ether oxygens (including phenoxy) is 2. The molecule has 2 aromatic rings. The van der Waals surface area contributed by atoms with Crippen molar-refractivity contribution in [3.05, 3.63) is 52.9 Å². The SMILES string of the molecule is NC(=O)c1c(C(=O)NCC2CCOC2)noc1COCc1ccccc1. The lowest BCUT2D eigenvalue weighted by Gasteiger charge is -2.08. The number of carbonyl (C=O) groups excluding carboxylic acids is 2. The molecule has 1 aromatic heterocycles. The number of benzene rings is 1. The van der Waals surface area contributed by atoms with Gasteiger partial charge in [0.05, 0.1) is 13.2 Å². The average molecular weight is 359 g/mol. The molecular weight excluding hydrogens is 338 g/mol. The third-order valence-electron chi connectivity index (χ3n) is 4.14. The van der Waals surface area contributed by atoms with E-state index in [4.69, 9.17) is 19.7 Å². The molecule has 1 aliphatic heterocycles. The van der Waals surface area contributed by atoms with E-state index in [1.807, 2.05) is 30.3 Å². The fourth-order valence-electron chi connectivity index (χ4n) is 2.73. The highest BCUT2D eigenvalue weighted by Crippen LogP contribution is 2.17. The molecule has 1 unspecified atom stereocenters. The van der Waals surface area contributed by atoms with E-state index in [9.17, 15) is 9.59 Å². The van der Waals surface area contributed by atoms with Gasteiger partial charge in [-0.2, -0.15) is 0 Å². The van der Waals surface area contributed by atoms with E-state index in [-0.39, 0.29) is 29.5 Å². The summed E-state index contributed by atoms with van der Waals surface area (Å²) >= 11 is 0. The van der Waals surface area contributed by atoms with Gasteiger partial charge in [0.25, 0.3) is 11.8 Å². The molecule has 1 aliphatic rings. The minimum Gasteiger partial charge on any atom is -0.381 e. The maximum absolute atomic E-state index is 12.3. The molecule has 0 aliphatic carbocycles. The lowest BCUT2D eigenvalue weighted by Crippen LogP contribution is -2.31. The van der Waals surface area contributed by atoms with Crippen LogP contribution in [0.15, 0.2) is 34.9 Å². The summed E-state index contributed by atoms with van der Waals surface area (Å²) in [6, 6.07) is 9.55.